The third kappa shape index (κ3) is 4.04. The second kappa shape index (κ2) is 7.50. The summed E-state index contributed by atoms with van der Waals surface area (Å²) in [5.74, 6) is 1.46. The summed E-state index contributed by atoms with van der Waals surface area (Å²) in [6, 6.07) is 11.8. The zero-order valence-corrected chi connectivity index (χ0v) is 13.7. The lowest BCUT2D eigenvalue weighted by Crippen LogP contribution is -2.30. The molecule has 0 radical (unpaired) electrons. The Bertz CT molecular complexity index is 761. The number of aryl methyl sites for hydroxylation is 1. The van der Waals surface area contributed by atoms with Gasteiger partial charge < -0.3 is 15.2 Å². The molecule has 0 aliphatic carbocycles. The maximum absolute atomic E-state index is 9.59. The maximum Gasteiger partial charge on any atom is 0.138 e. The molecule has 0 amide bonds. The number of anilines is 1. The van der Waals surface area contributed by atoms with E-state index in [-0.39, 0.29) is 12.6 Å². The zero-order chi connectivity index (χ0) is 16.1. The van der Waals surface area contributed by atoms with E-state index in [4.69, 9.17) is 4.74 Å². The lowest BCUT2D eigenvalue weighted by Gasteiger charge is -2.18. The Kier molecular flexibility index (Phi) is 5.17. The summed E-state index contributed by atoms with van der Waals surface area (Å²) in [6.45, 7) is 2.77. The van der Waals surface area contributed by atoms with Crippen molar-refractivity contribution in [3.8, 4) is 0 Å². The topological polar surface area (TPSA) is 67.3 Å². The molecule has 3 rings (SSSR count). The van der Waals surface area contributed by atoms with Crippen LogP contribution in [0.5, 0.6) is 0 Å². The number of benzene rings is 1. The summed E-state index contributed by atoms with van der Waals surface area (Å²) >= 11 is 1.58. The quantitative estimate of drug-likeness (QED) is 0.697. The van der Waals surface area contributed by atoms with Crippen LogP contribution in [0.1, 0.15) is 11.4 Å². The number of rotatable bonds is 7. The average molecular weight is 329 g/mol. The first-order valence-corrected chi connectivity index (χ1v) is 8.35. The van der Waals surface area contributed by atoms with Crippen molar-refractivity contribution in [3.63, 3.8) is 0 Å². The number of nitrogens with one attached hydrogen (secondary N) is 1. The van der Waals surface area contributed by atoms with Crippen molar-refractivity contribution < 1.29 is 9.84 Å². The fourth-order valence-electron chi connectivity index (χ4n) is 2.30. The monoisotopic (exact) mass is 329 g/mol. The summed E-state index contributed by atoms with van der Waals surface area (Å²) in [4.78, 5) is 9.80. The summed E-state index contributed by atoms with van der Waals surface area (Å²) in [5, 5.41) is 15.8. The van der Waals surface area contributed by atoms with E-state index in [9.17, 15) is 5.11 Å². The normalized spacial score (nSPS) is 12.4. The van der Waals surface area contributed by atoms with Gasteiger partial charge in [0.1, 0.15) is 16.5 Å². The molecule has 5 nitrogen and oxygen atoms in total. The number of aliphatic hydroxyl groups excluding tert-OH is 1. The van der Waals surface area contributed by atoms with Gasteiger partial charge in [-0.05, 0) is 23.9 Å². The molecule has 0 aliphatic heterocycles. The minimum absolute atomic E-state index is 0.0243. The Labute approximate surface area is 139 Å². The highest BCUT2D eigenvalue weighted by atomic mass is 32.1. The van der Waals surface area contributed by atoms with Crippen molar-refractivity contribution in [2.24, 2.45) is 0 Å². The summed E-state index contributed by atoms with van der Waals surface area (Å²) in [6.07, 6.45) is 0. The van der Waals surface area contributed by atoms with Gasteiger partial charge in [-0.3, -0.25) is 0 Å². The van der Waals surface area contributed by atoms with Crippen LogP contribution in [-0.2, 0) is 11.3 Å². The van der Waals surface area contributed by atoms with Crippen LogP contribution in [-0.4, -0.2) is 34.3 Å². The molecule has 6 heteroatoms. The standard InChI is InChI=1S/C17H19N3O2S/c1-12-18-16(15-7-8-23-17(15)19-12)20-14(9-21)11-22-10-13-5-3-2-4-6-13/h2-8,14,21H,9-11H2,1H3,(H,18,19,20)/t14-/m1/s1. The van der Waals surface area contributed by atoms with Crippen LogP contribution in [0.4, 0.5) is 5.82 Å². The molecular weight excluding hydrogens is 310 g/mol. The minimum Gasteiger partial charge on any atom is -0.394 e. The van der Waals surface area contributed by atoms with Crippen LogP contribution in [0.15, 0.2) is 41.8 Å². The van der Waals surface area contributed by atoms with E-state index in [0.717, 1.165) is 21.6 Å². The fourth-order valence-corrected chi connectivity index (χ4v) is 3.11. The van der Waals surface area contributed by atoms with E-state index in [1.165, 1.54) is 0 Å². The van der Waals surface area contributed by atoms with Gasteiger partial charge in [0.05, 0.1) is 31.2 Å². The number of nitrogens with zero attached hydrogens (tertiary/aromatic N) is 2. The van der Waals surface area contributed by atoms with Gasteiger partial charge in [0, 0.05) is 0 Å². The zero-order valence-electron chi connectivity index (χ0n) is 12.9. The van der Waals surface area contributed by atoms with Gasteiger partial charge in [0.15, 0.2) is 0 Å². The fraction of sp³-hybridized carbons (Fsp3) is 0.294. The second-order valence-electron chi connectivity index (χ2n) is 5.28. The van der Waals surface area contributed by atoms with Crippen molar-refractivity contribution >= 4 is 27.4 Å². The molecule has 3 aromatic rings. The highest BCUT2D eigenvalue weighted by molar-refractivity contribution is 7.16. The van der Waals surface area contributed by atoms with Crippen LogP contribution in [0.25, 0.3) is 10.2 Å². The summed E-state index contributed by atoms with van der Waals surface area (Å²) in [5.41, 5.74) is 1.11. The predicted molar refractivity (Wildman–Crippen MR) is 92.7 cm³/mol. The molecule has 0 saturated carbocycles. The maximum atomic E-state index is 9.59. The molecule has 2 N–H and O–H groups in total. The number of fused-ring (bicyclic) bond motifs is 1. The van der Waals surface area contributed by atoms with Crippen molar-refractivity contribution in [3.05, 3.63) is 53.2 Å². The molecule has 0 unspecified atom stereocenters. The van der Waals surface area contributed by atoms with Crippen LogP contribution >= 0.6 is 11.3 Å². The lowest BCUT2D eigenvalue weighted by molar-refractivity contribution is 0.0951. The molecule has 0 fully saturated rings. The Balaban J connectivity index is 1.63. The van der Waals surface area contributed by atoms with Crippen LogP contribution in [0.3, 0.4) is 0 Å². The van der Waals surface area contributed by atoms with Crippen LogP contribution < -0.4 is 5.32 Å². The molecule has 0 aliphatic rings. The van der Waals surface area contributed by atoms with Gasteiger partial charge in [-0.2, -0.15) is 0 Å². The number of ether oxygens (including phenoxy) is 1. The first-order valence-electron chi connectivity index (χ1n) is 7.47. The van der Waals surface area contributed by atoms with Crippen LogP contribution in [0, 0.1) is 6.92 Å². The molecule has 0 saturated heterocycles. The highest BCUT2D eigenvalue weighted by Crippen LogP contribution is 2.25. The molecule has 2 heterocycles. The molecular formula is C17H19N3O2S. The van der Waals surface area contributed by atoms with Crippen molar-refractivity contribution in [2.45, 2.75) is 19.6 Å². The highest BCUT2D eigenvalue weighted by Gasteiger charge is 2.13. The van der Waals surface area contributed by atoms with Gasteiger partial charge in [-0.25, -0.2) is 9.97 Å². The second-order valence-corrected chi connectivity index (χ2v) is 6.18. The molecule has 23 heavy (non-hydrogen) atoms. The average Bonchev–Trinajstić information content (AvgIpc) is 3.03. The van der Waals surface area contributed by atoms with Crippen molar-refractivity contribution in [1.29, 1.82) is 0 Å². The van der Waals surface area contributed by atoms with Gasteiger partial charge in [0.25, 0.3) is 0 Å². The van der Waals surface area contributed by atoms with Crippen molar-refractivity contribution in [2.75, 3.05) is 18.5 Å². The number of aromatic nitrogens is 2. The van der Waals surface area contributed by atoms with E-state index in [2.05, 4.69) is 15.3 Å². The van der Waals surface area contributed by atoms with Gasteiger partial charge in [0.2, 0.25) is 0 Å². The molecule has 0 spiro atoms. The Morgan fingerprint density at radius 1 is 1.22 bits per heavy atom. The SMILES string of the molecule is Cc1nc(N[C@H](CO)COCc2ccccc2)c2ccsc2n1. The van der Waals surface area contributed by atoms with E-state index in [1.807, 2.05) is 48.7 Å². The summed E-state index contributed by atoms with van der Waals surface area (Å²) < 4.78 is 5.71. The first kappa shape index (κ1) is 15.9. The molecule has 1 atom stereocenters. The largest absolute Gasteiger partial charge is 0.394 e. The predicted octanol–water partition coefficient (Wildman–Crippen LogP) is 2.99. The van der Waals surface area contributed by atoms with E-state index >= 15 is 0 Å². The van der Waals surface area contributed by atoms with Crippen LogP contribution in [0.2, 0.25) is 0 Å². The van der Waals surface area contributed by atoms with Gasteiger partial charge in [-0.1, -0.05) is 30.3 Å². The molecule has 0 bridgehead atoms. The Morgan fingerprint density at radius 3 is 2.83 bits per heavy atom. The third-order valence-electron chi connectivity index (χ3n) is 3.43. The molecule has 120 valence electrons. The minimum atomic E-state index is -0.212. The van der Waals surface area contributed by atoms with Gasteiger partial charge >= 0.3 is 0 Å². The first-order chi connectivity index (χ1) is 11.3. The van der Waals surface area contributed by atoms with Crippen molar-refractivity contribution in [1.82, 2.24) is 9.97 Å². The molecule has 2 aromatic heterocycles. The Hall–Kier alpha value is -2.02. The number of thiophene rings is 1. The summed E-state index contributed by atoms with van der Waals surface area (Å²) in [7, 11) is 0. The number of hydrogen-bond donors (Lipinski definition) is 2. The Morgan fingerprint density at radius 2 is 2.04 bits per heavy atom. The van der Waals surface area contributed by atoms with Gasteiger partial charge in [-0.15, -0.1) is 11.3 Å². The lowest BCUT2D eigenvalue weighted by atomic mass is 10.2. The number of hydrogen-bond acceptors (Lipinski definition) is 6. The van der Waals surface area contributed by atoms with E-state index < -0.39 is 0 Å². The smallest absolute Gasteiger partial charge is 0.138 e. The van der Waals surface area contributed by atoms with E-state index in [1.54, 1.807) is 11.3 Å². The molecule has 1 aromatic carbocycles. The van der Waals surface area contributed by atoms with E-state index in [0.29, 0.717) is 19.0 Å². The third-order valence-corrected chi connectivity index (χ3v) is 4.24. The number of aliphatic hydroxyl groups is 1.